The third kappa shape index (κ3) is 3.04. The minimum absolute atomic E-state index is 0.373. The minimum atomic E-state index is -0.583. The highest BCUT2D eigenvalue weighted by atomic mass is 16.6. The number of hydrogen-bond acceptors (Lipinski definition) is 4. The molecule has 1 rings (SSSR count). The summed E-state index contributed by atoms with van der Waals surface area (Å²) in [5.41, 5.74) is 4.51. The lowest BCUT2D eigenvalue weighted by Gasteiger charge is -2.15. The zero-order chi connectivity index (χ0) is 11.3. The molecule has 1 aromatic rings. The van der Waals surface area contributed by atoms with Gasteiger partial charge in [-0.05, 0) is 12.5 Å². The Balaban J connectivity index is 2.93. The monoisotopic (exact) mass is 209 g/mol. The molecule has 0 radical (unpaired) electrons. The van der Waals surface area contributed by atoms with Gasteiger partial charge < -0.3 is 9.57 Å². The molecule has 0 heterocycles. The van der Waals surface area contributed by atoms with E-state index in [0.717, 1.165) is 11.1 Å². The second-order valence-corrected chi connectivity index (χ2v) is 3.19. The van der Waals surface area contributed by atoms with Gasteiger partial charge in [0.25, 0.3) is 0 Å². The van der Waals surface area contributed by atoms with Crippen LogP contribution in [0.3, 0.4) is 0 Å². The van der Waals surface area contributed by atoms with Gasteiger partial charge >= 0.3 is 5.97 Å². The summed E-state index contributed by atoms with van der Waals surface area (Å²) in [6, 6.07) is 7.02. The van der Waals surface area contributed by atoms with Gasteiger partial charge in [-0.15, -0.1) is 0 Å². The molecular weight excluding hydrogens is 194 g/mol. The molecule has 1 atom stereocenters. The normalized spacial score (nSPS) is 12.2. The summed E-state index contributed by atoms with van der Waals surface area (Å²) < 4.78 is 4.68. The van der Waals surface area contributed by atoms with Crippen molar-refractivity contribution in [1.82, 2.24) is 5.48 Å². The fourth-order valence-electron chi connectivity index (χ4n) is 1.34. The van der Waals surface area contributed by atoms with Crippen LogP contribution < -0.4 is 5.48 Å². The van der Waals surface area contributed by atoms with E-state index >= 15 is 0 Å². The maximum absolute atomic E-state index is 11.4. The first-order valence-electron chi connectivity index (χ1n) is 4.62. The van der Waals surface area contributed by atoms with E-state index < -0.39 is 6.04 Å². The number of nitrogens with one attached hydrogen (secondary N) is 1. The molecule has 1 unspecified atom stereocenters. The van der Waals surface area contributed by atoms with Crippen molar-refractivity contribution in [3.63, 3.8) is 0 Å². The van der Waals surface area contributed by atoms with Crippen molar-refractivity contribution in [1.29, 1.82) is 0 Å². The smallest absolute Gasteiger partial charge is 0.329 e. The van der Waals surface area contributed by atoms with Crippen LogP contribution in [0.4, 0.5) is 0 Å². The second kappa shape index (κ2) is 5.48. The first-order valence-corrected chi connectivity index (χ1v) is 4.62. The van der Waals surface area contributed by atoms with E-state index in [1.165, 1.54) is 14.2 Å². The molecule has 0 aliphatic rings. The number of carbonyl (C=O) groups excluding carboxylic acids is 1. The summed E-state index contributed by atoms with van der Waals surface area (Å²) in [6.07, 6.45) is 0. The van der Waals surface area contributed by atoms with E-state index in [2.05, 4.69) is 10.2 Å². The van der Waals surface area contributed by atoms with Gasteiger partial charge in [0.2, 0.25) is 0 Å². The zero-order valence-electron chi connectivity index (χ0n) is 9.11. The van der Waals surface area contributed by atoms with Crippen molar-refractivity contribution >= 4 is 5.97 Å². The summed E-state index contributed by atoms with van der Waals surface area (Å²) in [7, 11) is 2.81. The van der Waals surface area contributed by atoms with E-state index in [-0.39, 0.29) is 5.97 Å². The second-order valence-electron chi connectivity index (χ2n) is 3.19. The summed E-state index contributed by atoms with van der Waals surface area (Å²) in [5.74, 6) is -0.373. The average Bonchev–Trinajstić information content (AvgIpc) is 2.25. The van der Waals surface area contributed by atoms with Crippen LogP contribution in [0.25, 0.3) is 0 Å². The highest BCUT2D eigenvalue weighted by Gasteiger charge is 2.20. The number of ether oxygens (including phenoxy) is 1. The molecule has 0 amide bonds. The first kappa shape index (κ1) is 11.7. The van der Waals surface area contributed by atoms with Gasteiger partial charge in [0.15, 0.2) is 6.04 Å². The number of methoxy groups -OCH3 is 1. The van der Waals surface area contributed by atoms with Crippen molar-refractivity contribution in [2.24, 2.45) is 0 Å². The Bertz CT molecular complexity index is 338. The molecule has 15 heavy (non-hydrogen) atoms. The fourth-order valence-corrected chi connectivity index (χ4v) is 1.34. The van der Waals surface area contributed by atoms with Crippen LogP contribution in [0.15, 0.2) is 24.3 Å². The summed E-state index contributed by atoms with van der Waals surface area (Å²) in [5, 5.41) is 0. The number of esters is 1. The molecule has 0 saturated heterocycles. The van der Waals surface area contributed by atoms with Gasteiger partial charge in [0.1, 0.15) is 0 Å². The number of hydrogen-bond donors (Lipinski definition) is 1. The predicted octanol–water partition coefficient (Wildman–Crippen LogP) is 1.36. The number of hydroxylamine groups is 1. The molecule has 0 spiro atoms. The van der Waals surface area contributed by atoms with E-state index in [4.69, 9.17) is 4.84 Å². The molecule has 1 N–H and O–H groups in total. The molecule has 4 heteroatoms. The Hall–Kier alpha value is -1.39. The van der Waals surface area contributed by atoms with Crippen LogP contribution in [0.5, 0.6) is 0 Å². The van der Waals surface area contributed by atoms with E-state index in [0.29, 0.717) is 0 Å². The summed E-state index contributed by atoms with van der Waals surface area (Å²) >= 11 is 0. The van der Waals surface area contributed by atoms with Crippen molar-refractivity contribution < 1.29 is 14.4 Å². The maximum atomic E-state index is 11.4. The molecule has 0 saturated carbocycles. The van der Waals surface area contributed by atoms with Gasteiger partial charge in [0.05, 0.1) is 14.2 Å². The van der Waals surface area contributed by atoms with Crippen molar-refractivity contribution in [3.8, 4) is 0 Å². The van der Waals surface area contributed by atoms with Crippen LogP contribution in [-0.4, -0.2) is 20.2 Å². The molecular formula is C11H15NO3. The Kier molecular flexibility index (Phi) is 4.27. The average molecular weight is 209 g/mol. The number of aryl methyl sites for hydroxylation is 1. The van der Waals surface area contributed by atoms with Gasteiger partial charge in [-0.2, -0.15) is 5.48 Å². The van der Waals surface area contributed by atoms with Crippen molar-refractivity contribution in [2.45, 2.75) is 13.0 Å². The minimum Gasteiger partial charge on any atom is -0.468 e. The summed E-state index contributed by atoms with van der Waals surface area (Å²) in [6.45, 7) is 1.96. The highest BCUT2D eigenvalue weighted by molar-refractivity contribution is 5.77. The zero-order valence-corrected chi connectivity index (χ0v) is 9.11. The lowest BCUT2D eigenvalue weighted by Crippen LogP contribution is -2.28. The lowest BCUT2D eigenvalue weighted by atomic mass is 10.1. The molecule has 4 nitrogen and oxygen atoms in total. The third-order valence-electron chi connectivity index (χ3n) is 2.05. The van der Waals surface area contributed by atoms with Gasteiger partial charge in [0, 0.05) is 0 Å². The first-order chi connectivity index (χ1) is 7.19. The van der Waals surface area contributed by atoms with E-state index in [1.807, 2.05) is 31.2 Å². The van der Waals surface area contributed by atoms with Crippen LogP contribution in [0.1, 0.15) is 17.2 Å². The fraction of sp³-hybridized carbons (Fsp3) is 0.364. The molecule has 0 aliphatic heterocycles. The predicted molar refractivity (Wildman–Crippen MR) is 56.1 cm³/mol. The maximum Gasteiger partial charge on any atom is 0.329 e. The Morgan fingerprint density at radius 3 is 2.67 bits per heavy atom. The molecule has 1 aromatic carbocycles. The molecule has 82 valence electrons. The quantitative estimate of drug-likeness (QED) is 0.601. The van der Waals surface area contributed by atoms with Crippen LogP contribution in [0.2, 0.25) is 0 Å². The molecule has 0 fully saturated rings. The van der Waals surface area contributed by atoms with Crippen molar-refractivity contribution in [2.75, 3.05) is 14.2 Å². The van der Waals surface area contributed by atoms with Crippen LogP contribution in [-0.2, 0) is 14.4 Å². The topological polar surface area (TPSA) is 47.6 Å². The lowest BCUT2D eigenvalue weighted by molar-refractivity contribution is -0.147. The Morgan fingerprint density at radius 2 is 2.13 bits per heavy atom. The molecule has 0 aromatic heterocycles. The number of benzene rings is 1. The van der Waals surface area contributed by atoms with Gasteiger partial charge in [-0.1, -0.05) is 29.8 Å². The Labute approximate surface area is 89.1 Å². The molecule has 0 aliphatic carbocycles. The van der Waals surface area contributed by atoms with Gasteiger partial charge in [-0.25, -0.2) is 4.79 Å². The third-order valence-corrected chi connectivity index (χ3v) is 2.05. The summed E-state index contributed by atoms with van der Waals surface area (Å²) in [4.78, 5) is 16.2. The molecule has 0 bridgehead atoms. The highest BCUT2D eigenvalue weighted by Crippen LogP contribution is 2.15. The standard InChI is InChI=1S/C11H15NO3/c1-8-5-4-6-9(7-8)10(12-15-3)11(13)14-2/h4-7,10,12H,1-3H3. The number of carbonyl (C=O) groups is 1. The number of rotatable bonds is 4. The van der Waals surface area contributed by atoms with E-state index in [1.54, 1.807) is 0 Å². The SMILES string of the molecule is CONC(C(=O)OC)c1cccc(C)c1. The van der Waals surface area contributed by atoms with Gasteiger partial charge in [-0.3, -0.25) is 0 Å². The largest absolute Gasteiger partial charge is 0.468 e. The Morgan fingerprint density at radius 1 is 1.40 bits per heavy atom. The van der Waals surface area contributed by atoms with Crippen LogP contribution >= 0.6 is 0 Å². The van der Waals surface area contributed by atoms with Crippen molar-refractivity contribution in [3.05, 3.63) is 35.4 Å². The van der Waals surface area contributed by atoms with Crippen LogP contribution in [0, 0.1) is 6.92 Å². The van der Waals surface area contributed by atoms with E-state index in [9.17, 15) is 4.79 Å².